The van der Waals surface area contributed by atoms with Crippen molar-refractivity contribution in [3.8, 4) is 0 Å². The van der Waals surface area contributed by atoms with E-state index in [1.165, 1.54) is 12.1 Å². The predicted octanol–water partition coefficient (Wildman–Crippen LogP) is 6.08. The van der Waals surface area contributed by atoms with Gasteiger partial charge >= 0.3 is 6.18 Å². The third-order valence-corrected chi connectivity index (χ3v) is 8.90. The normalized spacial score (nSPS) is 11.7. The maximum absolute atomic E-state index is 13.8. The SMILES string of the molecule is CCCONC(=O)c1ccc(Nc2ncc(C(F)(F)F)c(Nc3ccccc3P(=O)(CC)CC)n2)cc1. The van der Waals surface area contributed by atoms with Crippen molar-refractivity contribution in [3.63, 3.8) is 0 Å². The Kier molecular flexibility index (Phi) is 9.29. The zero-order valence-electron chi connectivity index (χ0n) is 20.7. The first kappa shape index (κ1) is 28.1. The molecule has 37 heavy (non-hydrogen) atoms. The van der Waals surface area contributed by atoms with E-state index in [1.54, 1.807) is 50.2 Å². The number of hydroxylamine groups is 1. The number of hydrogen-bond donors (Lipinski definition) is 3. The van der Waals surface area contributed by atoms with Crippen LogP contribution < -0.4 is 21.4 Å². The van der Waals surface area contributed by atoms with Crippen LogP contribution in [0, 0.1) is 0 Å². The molecule has 3 rings (SSSR count). The van der Waals surface area contributed by atoms with E-state index in [9.17, 15) is 22.5 Å². The molecule has 1 heterocycles. The number of nitrogens with one attached hydrogen (secondary N) is 3. The van der Waals surface area contributed by atoms with Gasteiger partial charge in [-0.15, -0.1) is 0 Å². The Hall–Kier alpha value is -3.43. The van der Waals surface area contributed by atoms with E-state index in [2.05, 4.69) is 26.1 Å². The zero-order valence-corrected chi connectivity index (χ0v) is 21.6. The van der Waals surface area contributed by atoms with Gasteiger partial charge in [0.2, 0.25) is 5.95 Å². The predicted molar refractivity (Wildman–Crippen MR) is 139 cm³/mol. The standard InChI is InChI=1S/C25H29F3N5O3P/c1-4-15-36-33-23(34)17-11-13-18(14-12-17)30-24-29-16-19(25(26,27)28)22(32-24)31-20-9-7-8-10-21(20)37(35,5-2)6-3/h7-14,16H,4-6,15H2,1-3H3,(H,33,34)(H2,29,30,31,32). The molecule has 0 saturated carbocycles. The summed E-state index contributed by atoms with van der Waals surface area (Å²) in [4.78, 5) is 25.0. The smallest absolute Gasteiger partial charge is 0.339 e. The highest BCUT2D eigenvalue weighted by Crippen LogP contribution is 2.46. The Morgan fingerprint density at radius 1 is 1.00 bits per heavy atom. The molecule has 1 aromatic heterocycles. The van der Waals surface area contributed by atoms with Gasteiger partial charge in [-0.05, 0) is 42.8 Å². The van der Waals surface area contributed by atoms with Crippen LogP contribution >= 0.6 is 7.14 Å². The number of alkyl halides is 3. The molecule has 12 heteroatoms. The summed E-state index contributed by atoms with van der Waals surface area (Å²) in [7, 11) is -2.80. The van der Waals surface area contributed by atoms with Crippen molar-refractivity contribution >= 4 is 41.5 Å². The summed E-state index contributed by atoms with van der Waals surface area (Å²) < 4.78 is 54.7. The molecule has 3 aromatic rings. The van der Waals surface area contributed by atoms with Gasteiger partial charge in [0.25, 0.3) is 5.91 Å². The average molecular weight is 536 g/mol. The van der Waals surface area contributed by atoms with Crippen LogP contribution in [0.4, 0.5) is 36.3 Å². The molecule has 1 amide bonds. The minimum Gasteiger partial charge on any atom is -0.339 e. The van der Waals surface area contributed by atoms with Crippen molar-refractivity contribution in [2.45, 2.75) is 33.4 Å². The summed E-state index contributed by atoms with van der Waals surface area (Å²) in [6, 6.07) is 12.8. The van der Waals surface area contributed by atoms with Crippen molar-refractivity contribution in [1.82, 2.24) is 15.4 Å². The van der Waals surface area contributed by atoms with Gasteiger partial charge in [-0.2, -0.15) is 18.2 Å². The van der Waals surface area contributed by atoms with Crippen LogP contribution in [0.2, 0.25) is 0 Å². The van der Waals surface area contributed by atoms with Crippen molar-refractivity contribution in [1.29, 1.82) is 0 Å². The van der Waals surface area contributed by atoms with Crippen LogP contribution in [0.5, 0.6) is 0 Å². The first-order valence-electron chi connectivity index (χ1n) is 11.8. The summed E-state index contributed by atoms with van der Waals surface area (Å²) in [5, 5.41) is 6.06. The molecule has 0 spiro atoms. The monoisotopic (exact) mass is 535 g/mol. The molecular formula is C25H29F3N5O3P. The second-order valence-electron chi connectivity index (χ2n) is 8.10. The van der Waals surface area contributed by atoms with Crippen LogP contribution in [0.15, 0.2) is 54.7 Å². The Morgan fingerprint density at radius 2 is 1.68 bits per heavy atom. The lowest BCUT2D eigenvalue weighted by Crippen LogP contribution is -2.23. The van der Waals surface area contributed by atoms with E-state index in [0.717, 1.165) is 6.42 Å². The fourth-order valence-electron chi connectivity index (χ4n) is 3.48. The van der Waals surface area contributed by atoms with E-state index in [0.29, 0.717) is 47.4 Å². The second-order valence-corrected chi connectivity index (χ2v) is 11.6. The van der Waals surface area contributed by atoms with Crippen molar-refractivity contribution in [3.05, 3.63) is 65.9 Å². The minimum atomic E-state index is -4.72. The van der Waals surface area contributed by atoms with Crippen molar-refractivity contribution in [2.75, 3.05) is 29.6 Å². The number of rotatable bonds is 11. The molecule has 0 atom stereocenters. The van der Waals surface area contributed by atoms with Crippen LogP contribution in [-0.4, -0.2) is 34.8 Å². The Morgan fingerprint density at radius 3 is 2.30 bits per heavy atom. The number of carbonyl (C=O) groups is 1. The molecular weight excluding hydrogens is 506 g/mol. The summed E-state index contributed by atoms with van der Waals surface area (Å²) in [5.74, 6) is -0.988. The van der Waals surface area contributed by atoms with E-state index in [-0.39, 0.29) is 5.95 Å². The number of para-hydroxylation sites is 1. The number of halogens is 3. The van der Waals surface area contributed by atoms with E-state index < -0.39 is 30.6 Å². The highest BCUT2D eigenvalue weighted by molar-refractivity contribution is 7.71. The first-order chi connectivity index (χ1) is 17.6. The van der Waals surface area contributed by atoms with Crippen LogP contribution in [0.3, 0.4) is 0 Å². The number of benzene rings is 2. The number of nitrogens with zero attached hydrogens (tertiary/aromatic N) is 2. The van der Waals surface area contributed by atoms with E-state index >= 15 is 0 Å². The quantitative estimate of drug-likeness (QED) is 0.155. The van der Waals surface area contributed by atoms with E-state index in [4.69, 9.17) is 4.84 Å². The maximum atomic E-state index is 13.8. The Labute approximate surface area is 213 Å². The van der Waals surface area contributed by atoms with Gasteiger partial charge in [0.1, 0.15) is 18.5 Å². The highest BCUT2D eigenvalue weighted by atomic mass is 31.2. The highest BCUT2D eigenvalue weighted by Gasteiger charge is 2.36. The number of amides is 1. The fraction of sp³-hybridized carbons (Fsp3) is 0.320. The molecule has 0 radical (unpaired) electrons. The van der Waals surface area contributed by atoms with Gasteiger partial charge in [0.15, 0.2) is 0 Å². The van der Waals surface area contributed by atoms with Gasteiger partial charge in [0.05, 0.1) is 12.3 Å². The number of hydrogen-bond acceptors (Lipinski definition) is 7. The summed E-state index contributed by atoms with van der Waals surface area (Å²) in [5.41, 5.74) is 2.36. The third kappa shape index (κ3) is 7.08. The molecule has 2 aromatic carbocycles. The van der Waals surface area contributed by atoms with Gasteiger partial charge in [0, 0.05) is 35.1 Å². The minimum absolute atomic E-state index is 0.0920. The first-order valence-corrected chi connectivity index (χ1v) is 13.9. The molecule has 0 aliphatic heterocycles. The molecule has 8 nitrogen and oxygen atoms in total. The fourth-order valence-corrected chi connectivity index (χ4v) is 5.54. The number of aromatic nitrogens is 2. The van der Waals surface area contributed by atoms with Crippen LogP contribution in [-0.2, 0) is 15.6 Å². The molecule has 0 bridgehead atoms. The topological polar surface area (TPSA) is 105 Å². The molecule has 198 valence electrons. The molecule has 3 N–H and O–H groups in total. The van der Waals surface area contributed by atoms with Gasteiger partial charge in [-0.3, -0.25) is 9.63 Å². The van der Waals surface area contributed by atoms with Gasteiger partial charge < -0.3 is 15.2 Å². The number of anilines is 4. The maximum Gasteiger partial charge on any atom is 0.421 e. The third-order valence-electron chi connectivity index (χ3n) is 5.59. The molecule has 0 fully saturated rings. The lowest BCUT2D eigenvalue weighted by atomic mass is 10.2. The lowest BCUT2D eigenvalue weighted by Gasteiger charge is -2.21. The molecule has 0 aliphatic rings. The van der Waals surface area contributed by atoms with Crippen LogP contribution in [0.25, 0.3) is 0 Å². The molecule has 0 aliphatic carbocycles. The van der Waals surface area contributed by atoms with Crippen molar-refractivity contribution < 1.29 is 27.4 Å². The molecule has 0 saturated heterocycles. The lowest BCUT2D eigenvalue weighted by molar-refractivity contribution is -0.137. The summed E-state index contributed by atoms with van der Waals surface area (Å²) >= 11 is 0. The average Bonchev–Trinajstić information content (AvgIpc) is 2.88. The summed E-state index contributed by atoms with van der Waals surface area (Å²) in [6.45, 7) is 5.88. The van der Waals surface area contributed by atoms with E-state index in [1.807, 2.05) is 6.92 Å². The largest absolute Gasteiger partial charge is 0.421 e. The Balaban J connectivity index is 1.89. The van der Waals surface area contributed by atoms with Crippen LogP contribution in [0.1, 0.15) is 43.1 Å². The molecule has 0 unspecified atom stereocenters. The van der Waals surface area contributed by atoms with Gasteiger partial charge in [-0.1, -0.05) is 32.9 Å². The zero-order chi connectivity index (χ0) is 27.1. The van der Waals surface area contributed by atoms with Gasteiger partial charge in [-0.25, -0.2) is 10.5 Å². The second kappa shape index (κ2) is 12.2. The summed E-state index contributed by atoms with van der Waals surface area (Å²) in [6.07, 6.45) is -2.53. The Bertz CT molecular complexity index is 1260. The number of carbonyl (C=O) groups excluding carboxylic acids is 1. The van der Waals surface area contributed by atoms with Crippen molar-refractivity contribution in [2.24, 2.45) is 0 Å².